The molecule has 3 heterocycles. The number of hydrogen-bond acceptors (Lipinski definition) is 5. The molecule has 0 saturated carbocycles. The predicted molar refractivity (Wildman–Crippen MR) is 89.6 cm³/mol. The minimum absolute atomic E-state index is 0.0449. The minimum Gasteiger partial charge on any atom is -0.356 e. The van der Waals surface area contributed by atoms with Crippen molar-refractivity contribution in [3.8, 4) is 11.3 Å². The van der Waals surface area contributed by atoms with E-state index in [1.807, 2.05) is 18.2 Å². The van der Waals surface area contributed by atoms with Gasteiger partial charge in [0.15, 0.2) is 5.76 Å². The smallest absolute Gasteiger partial charge is 0.280 e. The van der Waals surface area contributed by atoms with E-state index in [0.717, 1.165) is 12.0 Å². The van der Waals surface area contributed by atoms with Crippen molar-refractivity contribution in [3.05, 3.63) is 41.0 Å². The van der Waals surface area contributed by atoms with Crippen LogP contribution in [-0.4, -0.2) is 43.1 Å². The van der Waals surface area contributed by atoms with Crippen molar-refractivity contribution in [2.75, 3.05) is 13.1 Å². The third kappa shape index (κ3) is 2.96. The molecule has 2 aliphatic heterocycles. The van der Waals surface area contributed by atoms with Crippen LogP contribution in [0.25, 0.3) is 11.3 Å². The average Bonchev–Trinajstić information content (AvgIpc) is 3.30. The van der Waals surface area contributed by atoms with Gasteiger partial charge < -0.3 is 9.84 Å². The van der Waals surface area contributed by atoms with Crippen LogP contribution in [0.2, 0.25) is 5.02 Å². The van der Waals surface area contributed by atoms with Gasteiger partial charge in [-0.25, -0.2) is 0 Å². The highest BCUT2D eigenvalue weighted by molar-refractivity contribution is 7.87. The second-order valence-electron chi connectivity index (χ2n) is 6.05. The molecule has 0 unspecified atom stereocenters. The van der Waals surface area contributed by atoms with Crippen LogP contribution in [0.1, 0.15) is 12.1 Å². The topological polar surface area (TPSA) is 87.5 Å². The van der Waals surface area contributed by atoms with Crippen molar-refractivity contribution in [3.63, 3.8) is 0 Å². The third-order valence-corrected chi connectivity index (χ3v) is 6.35. The van der Waals surface area contributed by atoms with Gasteiger partial charge in [0.25, 0.3) is 10.2 Å². The van der Waals surface area contributed by atoms with E-state index >= 15 is 0 Å². The normalized spacial score (nSPS) is 23.9. The van der Waals surface area contributed by atoms with E-state index in [-0.39, 0.29) is 18.6 Å². The third-order valence-electron chi connectivity index (χ3n) is 4.45. The van der Waals surface area contributed by atoms with E-state index in [1.165, 1.54) is 4.31 Å². The highest BCUT2D eigenvalue weighted by atomic mass is 35.5. The minimum atomic E-state index is -3.52. The van der Waals surface area contributed by atoms with Crippen molar-refractivity contribution >= 4 is 21.8 Å². The maximum atomic E-state index is 12.4. The fourth-order valence-corrected chi connectivity index (χ4v) is 4.90. The first-order valence-corrected chi connectivity index (χ1v) is 9.55. The first-order valence-electron chi connectivity index (χ1n) is 7.73. The molecule has 9 heteroatoms. The molecule has 0 radical (unpaired) electrons. The summed E-state index contributed by atoms with van der Waals surface area (Å²) in [5, 5.41) is 7.76. The van der Waals surface area contributed by atoms with Gasteiger partial charge in [0.2, 0.25) is 0 Å². The van der Waals surface area contributed by atoms with Gasteiger partial charge in [-0.3, -0.25) is 0 Å². The molecule has 0 spiro atoms. The van der Waals surface area contributed by atoms with Gasteiger partial charge in [-0.1, -0.05) is 28.9 Å². The van der Waals surface area contributed by atoms with Crippen molar-refractivity contribution in [1.82, 2.24) is 19.5 Å². The first kappa shape index (κ1) is 16.0. The number of rotatable bonds is 5. The number of nitrogens with zero attached hydrogens (tertiary/aromatic N) is 2. The first-order chi connectivity index (χ1) is 11.5. The summed E-state index contributed by atoms with van der Waals surface area (Å²) >= 11 is 6.13. The lowest BCUT2D eigenvalue weighted by molar-refractivity contribution is 0.343. The summed E-state index contributed by atoms with van der Waals surface area (Å²) < 4.78 is 34.3. The molecule has 24 heavy (non-hydrogen) atoms. The highest BCUT2D eigenvalue weighted by Crippen LogP contribution is 2.28. The van der Waals surface area contributed by atoms with Gasteiger partial charge in [0, 0.05) is 36.8 Å². The van der Waals surface area contributed by atoms with Crippen LogP contribution < -0.4 is 10.0 Å². The molecule has 7 nitrogen and oxygen atoms in total. The van der Waals surface area contributed by atoms with E-state index in [4.69, 9.17) is 16.1 Å². The maximum absolute atomic E-state index is 12.4. The fourth-order valence-electron chi connectivity index (χ4n) is 3.25. The van der Waals surface area contributed by atoms with E-state index in [9.17, 15) is 8.42 Å². The fraction of sp³-hybridized carbons (Fsp3) is 0.400. The zero-order valence-corrected chi connectivity index (χ0v) is 14.3. The van der Waals surface area contributed by atoms with E-state index in [2.05, 4.69) is 15.2 Å². The Labute approximate surface area is 145 Å². The van der Waals surface area contributed by atoms with Crippen LogP contribution in [0.15, 0.2) is 34.9 Å². The Hall–Kier alpha value is -1.45. The SMILES string of the molecule is O=S(=O)(NCc1cc(-c2ccccc2Cl)on1)N1C[C@@H]2C[C@H]1CN2. The summed E-state index contributed by atoms with van der Waals surface area (Å²) in [5.74, 6) is 0.513. The molecule has 1 aromatic heterocycles. The van der Waals surface area contributed by atoms with Crippen LogP contribution in [0, 0.1) is 0 Å². The maximum Gasteiger partial charge on any atom is 0.280 e. The molecule has 1 aromatic carbocycles. The molecule has 0 aliphatic carbocycles. The summed E-state index contributed by atoms with van der Waals surface area (Å²) in [6.45, 7) is 1.31. The Morgan fingerprint density at radius 1 is 1.42 bits per heavy atom. The van der Waals surface area contributed by atoms with Crippen LogP contribution in [-0.2, 0) is 16.8 Å². The van der Waals surface area contributed by atoms with Gasteiger partial charge in [-0.2, -0.15) is 17.4 Å². The number of nitrogens with one attached hydrogen (secondary N) is 2. The summed E-state index contributed by atoms with van der Waals surface area (Å²) in [4.78, 5) is 0. The van der Waals surface area contributed by atoms with Crippen LogP contribution in [0.5, 0.6) is 0 Å². The summed E-state index contributed by atoms with van der Waals surface area (Å²) in [5.41, 5.74) is 1.24. The molecule has 2 atom stereocenters. The molecular weight excluding hydrogens is 352 g/mol. The van der Waals surface area contributed by atoms with Crippen LogP contribution in [0.3, 0.4) is 0 Å². The highest BCUT2D eigenvalue weighted by Gasteiger charge is 2.43. The lowest BCUT2D eigenvalue weighted by atomic mass is 10.1. The molecule has 0 amide bonds. The van der Waals surface area contributed by atoms with Crippen molar-refractivity contribution in [1.29, 1.82) is 0 Å². The van der Waals surface area contributed by atoms with E-state index in [1.54, 1.807) is 12.1 Å². The van der Waals surface area contributed by atoms with Gasteiger partial charge >= 0.3 is 0 Å². The molecular formula is C15H17ClN4O3S. The Kier molecular flexibility index (Phi) is 4.09. The lowest BCUT2D eigenvalue weighted by Gasteiger charge is -2.26. The zero-order valence-electron chi connectivity index (χ0n) is 12.8. The van der Waals surface area contributed by atoms with Crippen molar-refractivity contribution in [2.24, 2.45) is 0 Å². The second kappa shape index (κ2) is 6.12. The number of halogens is 1. The Morgan fingerprint density at radius 3 is 2.96 bits per heavy atom. The van der Waals surface area contributed by atoms with Crippen LogP contribution in [0.4, 0.5) is 0 Å². The molecule has 128 valence electrons. The Morgan fingerprint density at radius 2 is 2.25 bits per heavy atom. The number of fused-ring (bicyclic) bond motifs is 2. The largest absolute Gasteiger partial charge is 0.356 e. The number of piperazine rings is 1. The number of hydrogen-bond donors (Lipinski definition) is 2. The average molecular weight is 369 g/mol. The molecule has 2 N–H and O–H groups in total. The molecule has 2 bridgehead atoms. The second-order valence-corrected chi connectivity index (χ2v) is 8.17. The van der Waals surface area contributed by atoms with Gasteiger partial charge in [0.1, 0.15) is 0 Å². The summed E-state index contributed by atoms with van der Waals surface area (Å²) in [6.07, 6.45) is 0.877. The molecule has 2 saturated heterocycles. The molecule has 2 aromatic rings. The molecule has 2 aliphatic rings. The molecule has 2 fully saturated rings. The quantitative estimate of drug-likeness (QED) is 0.832. The Bertz CT molecular complexity index is 854. The number of benzene rings is 1. The number of aromatic nitrogens is 1. The monoisotopic (exact) mass is 368 g/mol. The van der Waals surface area contributed by atoms with Crippen molar-refractivity contribution < 1.29 is 12.9 Å². The zero-order chi connectivity index (χ0) is 16.7. The van der Waals surface area contributed by atoms with Crippen LogP contribution >= 0.6 is 11.6 Å². The van der Waals surface area contributed by atoms with Gasteiger partial charge in [-0.05, 0) is 18.6 Å². The molecule has 4 rings (SSSR count). The van der Waals surface area contributed by atoms with E-state index in [0.29, 0.717) is 29.6 Å². The predicted octanol–water partition coefficient (Wildman–Crippen LogP) is 1.38. The standard InChI is InChI=1S/C15H17ClN4O3S/c16-14-4-2-1-3-13(14)15-6-10(19-23-15)7-18-24(21,22)20-9-11-5-12(20)8-17-11/h1-4,6,11-12,17-18H,5,7-9H2/t11-,12-/m0/s1. The summed E-state index contributed by atoms with van der Waals surface area (Å²) in [6, 6.07) is 9.27. The van der Waals surface area contributed by atoms with Crippen molar-refractivity contribution in [2.45, 2.75) is 25.0 Å². The van der Waals surface area contributed by atoms with Gasteiger partial charge in [0.05, 0.1) is 17.3 Å². The Balaban J connectivity index is 1.44. The lowest BCUT2D eigenvalue weighted by Crippen LogP contribution is -2.50. The van der Waals surface area contributed by atoms with Gasteiger partial charge in [-0.15, -0.1) is 0 Å². The van der Waals surface area contributed by atoms with E-state index < -0.39 is 10.2 Å². The summed E-state index contributed by atoms with van der Waals surface area (Å²) in [7, 11) is -3.52.